The Labute approximate surface area is 136 Å². The summed E-state index contributed by atoms with van der Waals surface area (Å²) in [5.74, 6) is 1.96. The van der Waals surface area contributed by atoms with Crippen molar-refractivity contribution in [3.8, 4) is 17.2 Å². The van der Waals surface area contributed by atoms with Crippen molar-refractivity contribution in [2.75, 3.05) is 20.3 Å². The first-order chi connectivity index (χ1) is 11.2. The Morgan fingerprint density at radius 2 is 1.70 bits per heavy atom. The number of nitrogens with zero attached hydrogens (tertiary/aromatic N) is 1. The maximum Gasteiger partial charge on any atom is 0.170 e. The molecule has 5 heteroatoms. The summed E-state index contributed by atoms with van der Waals surface area (Å²) in [6.07, 6.45) is 1.31. The van der Waals surface area contributed by atoms with Gasteiger partial charge in [-0.1, -0.05) is 23.4 Å². The zero-order valence-electron chi connectivity index (χ0n) is 13.6. The first-order valence-corrected chi connectivity index (χ1v) is 7.33. The van der Waals surface area contributed by atoms with Crippen LogP contribution in [0.2, 0.25) is 0 Å². The number of methoxy groups -OCH3 is 1. The van der Waals surface area contributed by atoms with Gasteiger partial charge in [0.15, 0.2) is 11.5 Å². The molecule has 0 fully saturated rings. The second kappa shape index (κ2) is 8.08. The number of ether oxygens (including phenoxy) is 3. The zero-order chi connectivity index (χ0) is 16.7. The summed E-state index contributed by atoms with van der Waals surface area (Å²) in [5, 5.41) is 11.8. The van der Waals surface area contributed by atoms with Gasteiger partial charge in [-0.3, -0.25) is 0 Å². The number of benzene rings is 2. The minimum absolute atomic E-state index is 0.347. The molecule has 0 spiro atoms. The standard InChI is InChI=1S/C18H21NO4/c1-13-6-4-8-16(14(13)2)22-10-11-23-18-15(12-19-20)7-5-9-17(18)21-3/h4-9,12,20H,10-11H2,1-3H3. The summed E-state index contributed by atoms with van der Waals surface area (Å²) in [4.78, 5) is 0. The second-order valence-corrected chi connectivity index (χ2v) is 5.02. The molecule has 23 heavy (non-hydrogen) atoms. The van der Waals surface area contributed by atoms with Gasteiger partial charge in [0.1, 0.15) is 19.0 Å². The average molecular weight is 315 g/mol. The molecule has 0 aliphatic carbocycles. The van der Waals surface area contributed by atoms with Crippen molar-refractivity contribution >= 4 is 6.21 Å². The molecule has 0 atom stereocenters. The molecule has 1 N–H and O–H groups in total. The topological polar surface area (TPSA) is 60.3 Å². The third kappa shape index (κ3) is 4.16. The number of hydrogen-bond donors (Lipinski definition) is 1. The minimum atomic E-state index is 0.347. The number of para-hydroxylation sites is 1. The Morgan fingerprint density at radius 3 is 2.43 bits per heavy atom. The lowest BCUT2D eigenvalue weighted by atomic mass is 10.1. The predicted molar refractivity (Wildman–Crippen MR) is 89.3 cm³/mol. The lowest BCUT2D eigenvalue weighted by Gasteiger charge is -2.14. The SMILES string of the molecule is COc1cccc(C=NO)c1OCCOc1cccc(C)c1C. The highest BCUT2D eigenvalue weighted by Crippen LogP contribution is 2.30. The van der Waals surface area contributed by atoms with E-state index in [1.54, 1.807) is 25.3 Å². The number of rotatable bonds is 7. The van der Waals surface area contributed by atoms with E-state index < -0.39 is 0 Å². The van der Waals surface area contributed by atoms with E-state index in [0.717, 1.165) is 11.3 Å². The lowest BCUT2D eigenvalue weighted by Crippen LogP contribution is -2.11. The van der Waals surface area contributed by atoms with E-state index in [9.17, 15) is 0 Å². The van der Waals surface area contributed by atoms with Gasteiger partial charge in [-0.25, -0.2) is 0 Å². The van der Waals surface area contributed by atoms with E-state index in [4.69, 9.17) is 19.4 Å². The molecule has 0 radical (unpaired) electrons. The first-order valence-electron chi connectivity index (χ1n) is 7.33. The summed E-state index contributed by atoms with van der Waals surface area (Å²) < 4.78 is 16.8. The van der Waals surface area contributed by atoms with Crippen LogP contribution in [0, 0.1) is 13.8 Å². The van der Waals surface area contributed by atoms with Gasteiger partial charge in [0, 0.05) is 5.56 Å². The van der Waals surface area contributed by atoms with Gasteiger partial charge in [-0.2, -0.15) is 0 Å². The summed E-state index contributed by atoms with van der Waals surface area (Å²) in [5.41, 5.74) is 2.95. The van der Waals surface area contributed by atoms with Gasteiger partial charge in [0.05, 0.1) is 13.3 Å². The molecule has 0 saturated heterocycles. The van der Waals surface area contributed by atoms with Crippen LogP contribution in [-0.4, -0.2) is 31.7 Å². The van der Waals surface area contributed by atoms with Crippen molar-refractivity contribution in [2.45, 2.75) is 13.8 Å². The van der Waals surface area contributed by atoms with E-state index in [1.807, 2.05) is 32.0 Å². The van der Waals surface area contributed by atoms with Gasteiger partial charge < -0.3 is 19.4 Å². The molecule has 5 nitrogen and oxygen atoms in total. The van der Waals surface area contributed by atoms with Crippen LogP contribution in [0.4, 0.5) is 0 Å². The molecular weight excluding hydrogens is 294 g/mol. The molecule has 0 saturated carbocycles. The highest BCUT2D eigenvalue weighted by Gasteiger charge is 2.09. The molecule has 2 rings (SSSR count). The smallest absolute Gasteiger partial charge is 0.170 e. The zero-order valence-corrected chi connectivity index (χ0v) is 13.6. The van der Waals surface area contributed by atoms with Crippen LogP contribution in [0.15, 0.2) is 41.6 Å². The molecule has 0 amide bonds. The Hall–Kier alpha value is -2.69. The molecule has 2 aromatic carbocycles. The highest BCUT2D eigenvalue weighted by atomic mass is 16.5. The largest absolute Gasteiger partial charge is 0.493 e. The van der Waals surface area contributed by atoms with Crippen molar-refractivity contribution in [1.82, 2.24) is 0 Å². The summed E-state index contributed by atoms with van der Waals surface area (Å²) in [6, 6.07) is 11.3. The second-order valence-electron chi connectivity index (χ2n) is 5.02. The third-order valence-corrected chi connectivity index (χ3v) is 3.57. The monoisotopic (exact) mass is 315 g/mol. The lowest BCUT2D eigenvalue weighted by molar-refractivity contribution is 0.210. The molecule has 0 heterocycles. The molecule has 122 valence electrons. The summed E-state index contributed by atoms with van der Waals surface area (Å²) in [6.45, 7) is 4.83. The fourth-order valence-corrected chi connectivity index (χ4v) is 2.19. The predicted octanol–water partition coefficient (Wildman–Crippen LogP) is 3.58. The Balaban J connectivity index is 2.00. The van der Waals surface area contributed by atoms with E-state index >= 15 is 0 Å². The highest BCUT2D eigenvalue weighted by molar-refractivity contribution is 5.84. The van der Waals surface area contributed by atoms with Crippen molar-refractivity contribution in [3.63, 3.8) is 0 Å². The summed E-state index contributed by atoms with van der Waals surface area (Å²) in [7, 11) is 1.56. The number of aryl methyl sites for hydroxylation is 1. The van der Waals surface area contributed by atoms with Crippen molar-refractivity contribution in [2.24, 2.45) is 5.16 Å². The first kappa shape index (κ1) is 16.7. The van der Waals surface area contributed by atoms with E-state index in [1.165, 1.54) is 11.8 Å². The fraction of sp³-hybridized carbons (Fsp3) is 0.278. The molecule has 0 aliphatic heterocycles. The molecule has 0 aromatic heterocycles. The average Bonchev–Trinajstić information content (AvgIpc) is 2.56. The molecular formula is C18H21NO4. The van der Waals surface area contributed by atoms with E-state index in [2.05, 4.69) is 5.16 Å². The van der Waals surface area contributed by atoms with E-state index in [0.29, 0.717) is 30.3 Å². The number of hydrogen-bond acceptors (Lipinski definition) is 5. The van der Waals surface area contributed by atoms with Crippen LogP contribution >= 0.6 is 0 Å². The van der Waals surface area contributed by atoms with Crippen LogP contribution in [0.25, 0.3) is 0 Å². The quantitative estimate of drug-likeness (QED) is 0.367. The van der Waals surface area contributed by atoms with Crippen LogP contribution in [-0.2, 0) is 0 Å². The minimum Gasteiger partial charge on any atom is -0.493 e. The van der Waals surface area contributed by atoms with Crippen LogP contribution in [0.1, 0.15) is 16.7 Å². The Bertz CT molecular complexity index is 683. The van der Waals surface area contributed by atoms with Gasteiger partial charge >= 0.3 is 0 Å². The third-order valence-electron chi connectivity index (χ3n) is 3.57. The normalized spacial score (nSPS) is 10.7. The maximum atomic E-state index is 8.73. The Morgan fingerprint density at radius 1 is 1.00 bits per heavy atom. The maximum absolute atomic E-state index is 8.73. The van der Waals surface area contributed by atoms with Gasteiger partial charge in [-0.05, 0) is 43.2 Å². The number of oxime groups is 1. The van der Waals surface area contributed by atoms with Crippen molar-refractivity contribution < 1.29 is 19.4 Å². The van der Waals surface area contributed by atoms with Crippen molar-refractivity contribution in [3.05, 3.63) is 53.1 Å². The molecule has 0 aliphatic rings. The van der Waals surface area contributed by atoms with Gasteiger partial charge in [0.25, 0.3) is 0 Å². The van der Waals surface area contributed by atoms with Crippen LogP contribution < -0.4 is 14.2 Å². The fourth-order valence-electron chi connectivity index (χ4n) is 2.19. The Kier molecular flexibility index (Phi) is 5.86. The van der Waals surface area contributed by atoms with Crippen LogP contribution in [0.3, 0.4) is 0 Å². The van der Waals surface area contributed by atoms with Gasteiger partial charge in [0.2, 0.25) is 0 Å². The summed E-state index contributed by atoms with van der Waals surface area (Å²) >= 11 is 0. The molecule has 2 aromatic rings. The molecule has 0 bridgehead atoms. The molecule has 0 unspecified atom stereocenters. The van der Waals surface area contributed by atoms with Crippen molar-refractivity contribution in [1.29, 1.82) is 0 Å². The van der Waals surface area contributed by atoms with E-state index in [-0.39, 0.29) is 0 Å². The van der Waals surface area contributed by atoms with Crippen LogP contribution in [0.5, 0.6) is 17.2 Å². The van der Waals surface area contributed by atoms with Gasteiger partial charge in [-0.15, -0.1) is 0 Å².